The normalized spacial score (nSPS) is 18.9. The van der Waals surface area contributed by atoms with Gasteiger partial charge in [0.05, 0.1) is 0 Å². The van der Waals surface area contributed by atoms with E-state index in [1.807, 2.05) is 12.4 Å². The maximum atomic E-state index is 4.64. The molecule has 31 heavy (non-hydrogen) atoms. The fourth-order valence-electron chi connectivity index (χ4n) is 5.04. The molecule has 1 aliphatic carbocycles. The number of hydrogen-bond acceptors (Lipinski definition) is 2. The molecule has 1 aliphatic rings. The molecule has 1 aromatic heterocycles. The molecular formula is C29H44N2. The highest BCUT2D eigenvalue weighted by Crippen LogP contribution is 2.33. The predicted molar refractivity (Wildman–Crippen MR) is 133 cm³/mol. The lowest BCUT2D eigenvalue weighted by Gasteiger charge is -2.27. The minimum Gasteiger partial charge on any atom is -0.236 e. The Morgan fingerprint density at radius 3 is 1.94 bits per heavy atom. The van der Waals surface area contributed by atoms with E-state index in [9.17, 15) is 0 Å². The summed E-state index contributed by atoms with van der Waals surface area (Å²) >= 11 is 0. The molecule has 0 saturated heterocycles. The molecule has 3 rings (SSSR count). The molecule has 0 bridgehead atoms. The van der Waals surface area contributed by atoms with E-state index in [2.05, 4.69) is 48.1 Å². The minimum atomic E-state index is 0.854. The van der Waals surface area contributed by atoms with Gasteiger partial charge in [-0.05, 0) is 48.6 Å². The Morgan fingerprint density at radius 1 is 0.677 bits per heavy atom. The smallest absolute Gasteiger partial charge is 0.159 e. The van der Waals surface area contributed by atoms with E-state index in [1.165, 1.54) is 101 Å². The van der Waals surface area contributed by atoms with E-state index < -0.39 is 0 Å². The van der Waals surface area contributed by atoms with Crippen molar-refractivity contribution in [1.82, 2.24) is 9.97 Å². The fourth-order valence-corrected chi connectivity index (χ4v) is 5.04. The van der Waals surface area contributed by atoms with Crippen LogP contribution in [-0.2, 0) is 12.8 Å². The molecule has 0 amide bonds. The molecule has 0 unspecified atom stereocenters. The van der Waals surface area contributed by atoms with Crippen LogP contribution in [0.3, 0.4) is 0 Å². The third-order valence-electron chi connectivity index (χ3n) is 7.37. The molecule has 1 heterocycles. The number of nitrogens with zero attached hydrogens (tertiary/aromatic N) is 2. The summed E-state index contributed by atoms with van der Waals surface area (Å²) < 4.78 is 0. The van der Waals surface area contributed by atoms with Gasteiger partial charge in [-0.1, -0.05) is 109 Å². The molecule has 2 heteroatoms. The van der Waals surface area contributed by atoms with Crippen LogP contribution in [0.1, 0.15) is 108 Å². The highest BCUT2D eigenvalue weighted by Gasteiger charge is 2.19. The first-order valence-corrected chi connectivity index (χ1v) is 13.2. The Balaban J connectivity index is 1.38. The monoisotopic (exact) mass is 420 g/mol. The maximum absolute atomic E-state index is 4.64. The number of aromatic nitrogens is 2. The van der Waals surface area contributed by atoms with Crippen LogP contribution in [0.15, 0.2) is 36.7 Å². The molecule has 0 spiro atoms. The van der Waals surface area contributed by atoms with Crippen molar-refractivity contribution in [3.63, 3.8) is 0 Å². The average molecular weight is 421 g/mol. The van der Waals surface area contributed by atoms with Gasteiger partial charge in [0, 0.05) is 18.0 Å². The van der Waals surface area contributed by atoms with Gasteiger partial charge in [0.15, 0.2) is 5.82 Å². The third-order valence-corrected chi connectivity index (χ3v) is 7.37. The summed E-state index contributed by atoms with van der Waals surface area (Å²) in [6, 6.07) is 8.97. The summed E-state index contributed by atoms with van der Waals surface area (Å²) in [7, 11) is 0. The van der Waals surface area contributed by atoms with Gasteiger partial charge >= 0.3 is 0 Å². The van der Waals surface area contributed by atoms with E-state index in [4.69, 9.17) is 0 Å². The highest BCUT2D eigenvalue weighted by atomic mass is 14.9. The van der Waals surface area contributed by atoms with Crippen molar-refractivity contribution in [2.75, 3.05) is 0 Å². The summed E-state index contributed by atoms with van der Waals surface area (Å²) in [5, 5.41) is 0. The second kappa shape index (κ2) is 13.7. The number of rotatable bonds is 13. The Hall–Kier alpha value is -1.70. The molecule has 0 radical (unpaired) electrons. The van der Waals surface area contributed by atoms with E-state index in [-0.39, 0.29) is 0 Å². The summed E-state index contributed by atoms with van der Waals surface area (Å²) in [6.45, 7) is 4.62. The molecule has 170 valence electrons. The largest absolute Gasteiger partial charge is 0.236 e. The van der Waals surface area contributed by atoms with Crippen molar-refractivity contribution in [3.05, 3.63) is 47.8 Å². The number of hydrogen-bond donors (Lipinski definition) is 0. The van der Waals surface area contributed by atoms with Gasteiger partial charge in [-0.15, -0.1) is 0 Å². The molecular weight excluding hydrogens is 376 g/mol. The predicted octanol–water partition coefficient (Wildman–Crippen LogP) is 8.59. The molecule has 0 atom stereocenters. The van der Waals surface area contributed by atoms with E-state index in [0.29, 0.717) is 0 Å². The standard InChI is InChI=1S/C29H44N2/c1-3-5-6-7-8-9-10-11-27-22-30-29(31-23-27)28-20-18-26(19-21-28)17-16-25-14-12-24(4-2)13-15-25/h18-25H,3-17H2,1-2H3. The van der Waals surface area contributed by atoms with Crippen molar-refractivity contribution in [2.45, 2.75) is 110 Å². The van der Waals surface area contributed by atoms with Crippen molar-refractivity contribution in [1.29, 1.82) is 0 Å². The number of benzene rings is 1. The lowest BCUT2D eigenvalue weighted by molar-refractivity contribution is 0.259. The molecule has 0 N–H and O–H groups in total. The fraction of sp³-hybridized carbons (Fsp3) is 0.655. The third kappa shape index (κ3) is 8.39. The Morgan fingerprint density at radius 2 is 1.29 bits per heavy atom. The molecule has 2 nitrogen and oxygen atoms in total. The lowest BCUT2D eigenvalue weighted by Crippen LogP contribution is -2.14. The molecule has 1 aromatic carbocycles. The summed E-state index contributed by atoms with van der Waals surface area (Å²) in [5.41, 5.74) is 3.86. The second-order valence-corrected chi connectivity index (χ2v) is 9.82. The first kappa shape index (κ1) is 24.0. The second-order valence-electron chi connectivity index (χ2n) is 9.82. The first-order chi connectivity index (χ1) is 15.3. The quantitative estimate of drug-likeness (QED) is 0.303. The van der Waals surface area contributed by atoms with Gasteiger partial charge in [0.25, 0.3) is 0 Å². The zero-order valence-electron chi connectivity index (χ0n) is 20.1. The Bertz CT molecular complexity index is 711. The van der Waals surface area contributed by atoms with Gasteiger partial charge < -0.3 is 0 Å². The van der Waals surface area contributed by atoms with Crippen LogP contribution >= 0.6 is 0 Å². The van der Waals surface area contributed by atoms with Crippen molar-refractivity contribution < 1.29 is 0 Å². The maximum Gasteiger partial charge on any atom is 0.159 e. The first-order valence-electron chi connectivity index (χ1n) is 13.2. The van der Waals surface area contributed by atoms with Crippen molar-refractivity contribution >= 4 is 0 Å². The zero-order valence-corrected chi connectivity index (χ0v) is 20.1. The van der Waals surface area contributed by atoms with Crippen LogP contribution in [0.25, 0.3) is 11.4 Å². The van der Waals surface area contributed by atoms with Gasteiger partial charge in [-0.2, -0.15) is 0 Å². The molecule has 1 saturated carbocycles. The SMILES string of the molecule is CCCCCCCCCc1cnc(-c2ccc(CCC3CCC(CC)CC3)cc2)nc1. The highest BCUT2D eigenvalue weighted by molar-refractivity contribution is 5.55. The van der Waals surface area contributed by atoms with Gasteiger partial charge in [0.1, 0.15) is 0 Å². The van der Waals surface area contributed by atoms with E-state index in [0.717, 1.165) is 29.6 Å². The van der Waals surface area contributed by atoms with E-state index in [1.54, 1.807) is 0 Å². The van der Waals surface area contributed by atoms with Gasteiger partial charge in [0.2, 0.25) is 0 Å². The van der Waals surface area contributed by atoms with Crippen LogP contribution in [0.2, 0.25) is 0 Å². The lowest BCUT2D eigenvalue weighted by atomic mass is 9.78. The molecule has 1 fully saturated rings. The Kier molecular flexibility index (Phi) is 10.6. The summed E-state index contributed by atoms with van der Waals surface area (Å²) in [4.78, 5) is 9.28. The Labute approximate surface area is 191 Å². The summed E-state index contributed by atoms with van der Waals surface area (Å²) in [6.07, 6.45) is 24.3. The van der Waals surface area contributed by atoms with Crippen LogP contribution in [0, 0.1) is 11.8 Å². The molecule has 0 aliphatic heterocycles. The summed E-state index contributed by atoms with van der Waals surface area (Å²) in [5.74, 6) is 2.79. The van der Waals surface area contributed by atoms with Crippen molar-refractivity contribution in [3.8, 4) is 11.4 Å². The number of unbranched alkanes of at least 4 members (excludes halogenated alkanes) is 6. The van der Waals surface area contributed by atoms with Crippen LogP contribution < -0.4 is 0 Å². The van der Waals surface area contributed by atoms with Crippen LogP contribution in [0.4, 0.5) is 0 Å². The topological polar surface area (TPSA) is 25.8 Å². The van der Waals surface area contributed by atoms with Gasteiger partial charge in [-0.25, -0.2) is 9.97 Å². The van der Waals surface area contributed by atoms with Gasteiger partial charge in [-0.3, -0.25) is 0 Å². The molecule has 2 aromatic rings. The zero-order chi connectivity index (χ0) is 21.7. The number of aryl methyl sites for hydroxylation is 2. The van der Waals surface area contributed by atoms with Crippen molar-refractivity contribution in [2.24, 2.45) is 11.8 Å². The van der Waals surface area contributed by atoms with E-state index >= 15 is 0 Å². The average Bonchev–Trinajstić information content (AvgIpc) is 2.83. The van der Waals surface area contributed by atoms with Crippen LogP contribution in [0.5, 0.6) is 0 Å². The van der Waals surface area contributed by atoms with Crippen LogP contribution in [-0.4, -0.2) is 9.97 Å². The minimum absolute atomic E-state index is 0.854.